The molecule has 0 aliphatic rings. The van der Waals surface area contributed by atoms with E-state index in [1.165, 1.54) is 16.1 Å². The first-order chi connectivity index (χ1) is 9.11. The van der Waals surface area contributed by atoms with Gasteiger partial charge in [-0.3, -0.25) is 4.40 Å². The normalized spacial score (nSPS) is 12.5. The second kappa shape index (κ2) is 6.32. The summed E-state index contributed by atoms with van der Waals surface area (Å²) in [7, 11) is 1.72. The third-order valence-corrected chi connectivity index (χ3v) is 3.83. The molecule has 0 unspecified atom stereocenters. The SMILES string of the molecule is COCCNCC(C)=Cc1c(C)nc2sc(C)cn12. The Morgan fingerprint density at radius 1 is 1.53 bits per heavy atom. The molecular formula is C14H21N3OS. The molecule has 0 bridgehead atoms. The van der Waals surface area contributed by atoms with Crippen molar-refractivity contribution in [3.8, 4) is 0 Å². The molecule has 0 saturated heterocycles. The van der Waals surface area contributed by atoms with Crippen molar-refractivity contribution in [1.29, 1.82) is 0 Å². The first-order valence-corrected chi connectivity index (χ1v) is 7.25. The average Bonchev–Trinajstić information content (AvgIpc) is 2.83. The molecule has 2 heterocycles. The summed E-state index contributed by atoms with van der Waals surface area (Å²) in [5, 5.41) is 3.35. The predicted octanol–water partition coefficient (Wildman–Crippen LogP) is 2.65. The fourth-order valence-corrected chi connectivity index (χ4v) is 2.88. The van der Waals surface area contributed by atoms with Gasteiger partial charge in [-0.25, -0.2) is 4.98 Å². The molecule has 2 aromatic rings. The number of aromatic nitrogens is 2. The molecule has 19 heavy (non-hydrogen) atoms. The molecule has 4 nitrogen and oxygen atoms in total. The Labute approximate surface area is 118 Å². The van der Waals surface area contributed by atoms with Crippen molar-refractivity contribution in [2.24, 2.45) is 0 Å². The van der Waals surface area contributed by atoms with E-state index in [0.717, 1.165) is 30.4 Å². The van der Waals surface area contributed by atoms with Crippen molar-refractivity contribution >= 4 is 22.4 Å². The average molecular weight is 279 g/mol. The van der Waals surface area contributed by atoms with E-state index in [4.69, 9.17) is 4.74 Å². The second-order valence-corrected chi connectivity index (χ2v) is 5.95. The van der Waals surface area contributed by atoms with Gasteiger partial charge in [-0.2, -0.15) is 0 Å². The molecule has 0 aliphatic heterocycles. The van der Waals surface area contributed by atoms with E-state index in [0.29, 0.717) is 0 Å². The van der Waals surface area contributed by atoms with Gasteiger partial charge in [0.05, 0.1) is 18.0 Å². The number of hydrogen-bond donors (Lipinski definition) is 1. The zero-order valence-corrected chi connectivity index (χ0v) is 12.8. The van der Waals surface area contributed by atoms with E-state index < -0.39 is 0 Å². The number of imidazole rings is 1. The molecule has 0 aliphatic carbocycles. The summed E-state index contributed by atoms with van der Waals surface area (Å²) < 4.78 is 7.19. The molecule has 0 saturated carbocycles. The first-order valence-electron chi connectivity index (χ1n) is 6.43. The van der Waals surface area contributed by atoms with Crippen molar-refractivity contribution in [1.82, 2.24) is 14.7 Å². The van der Waals surface area contributed by atoms with Crippen molar-refractivity contribution in [2.45, 2.75) is 20.8 Å². The van der Waals surface area contributed by atoms with Gasteiger partial charge in [0.2, 0.25) is 0 Å². The van der Waals surface area contributed by atoms with E-state index in [2.05, 4.69) is 47.7 Å². The zero-order valence-electron chi connectivity index (χ0n) is 12.0. The van der Waals surface area contributed by atoms with Crippen molar-refractivity contribution in [3.05, 3.63) is 28.0 Å². The highest BCUT2D eigenvalue weighted by atomic mass is 32.1. The lowest BCUT2D eigenvalue weighted by Crippen LogP contribution is -2.20. The maximum absolute atomic E-state index is 5.01. The highest BCUT2D eigenvalue weighted by Gasteiger charge is 2.09. The molecule has 0 aromatic carbocycles. The lowest BCUT2D eigenvalue weighted by atomic mass is 10.2. The Bertz CT molecular complexity index is 583. The number of ether oxygens (including phenoxy) is 1. The standard InChI is InChI=1S/C14H21N3OS/c1-10(8-15-5-6-18-4)7-13-12(3)16-14-17(13)9-11(2)19-14/h7,9,15H,5-6,8H2,1-4H3. The largest absolute Gasteiger partial charge is 0.383 e. The number of nitrogens with one attached hydrogen (secondary N) is 1. The van der Waals surface area contributed by atoms with Gasteiger partial charge in [0.25, 0.3) is 0 Å². The van der Waals surface area contributed by atoms with Crippen LogP contribution in [0.2, 0.25) is 0 Å². The Kier molecular flexibility index (Phi) is 4.74. The Morgan fingerprint density at radius 2 is 2.32 bits per heavy atom. The fraction of sp³-hybridized carbons (Fsp3) is 0.500. The minimum atomic E-state index is 0.743. The number of rotatable bonds is 6. The van der Waals surface area contributed by atoms with Gasteiger partial charge in [0.15, 0.2) is 4.96 Å². The maximum atomic E-state index is 5.01. The molecule has 0 radical (unpaired) electrons. The number of thiazole rings is 1. The van der Waals surface area contributed by atoms with E-state index >= 15 is 0 Å². The highest BCUT2D eigenvalue weighted by Crippen LogP contribution is 2.22. The van der Waals surface area contributed by atoms with Crippen LogP contribution in [0.5, 0.6) is 0 Å². The van der Waals surface area contributed by atoms with Gasteiger partial charge >= 0.3 is 0 Å². The fourth-order valence-electron chi connectivity index (χ4n) is 2.00. The second-order valence-electron chi connectivity index (χ2n) is 4.74. The number of aryl methyl sites for hydroxylation is 2. The van der Waals surface area contributed by atoms with Crippen LogP contribution in [0.1, 0.15) is 23.2 Å². The third kappa shape index (κ3) is 3.43. The van der Waals surface area contributed by atoms with E-state index in [-0.39, 0.29) is 0 Å². The van der Waals surface area contributed by atoms with Crippen molar-refractivity contribution < 1.29 is 4.74 Å². The van der Waals surface area contributed by atoms with Crippen molar-refractivity contribution in [3.63, 3.8) is 0 Å². The van der Waals surface area contributed by atoms with E-state index in [1.54, 1.807) is 18.4 Å². The van der Waals surface area contributed by atoms with Crippen LogP contribution in [-0.2, 0) is 4.74 Å². The number of nitrogens with zero attached hydrogens (tertiary/aromatic N) is 2. The molecule has 104 valence electrons. The minimum absolute atomic E-state index is 0.743. The lowest BCUT2D eigenvalue weighted by molar-refractivity contribution is 0.200. The molecule has 1 N–H and O–H groups in total. The van der Waals surface area contributed by atoms with E-state index in [9.17, 15) is 0 Å². The molecule has 2 rings (SSSR count). The zero-order chi connectivity index (χ0) is 13.8. The molecule has 0 fully saturated rings. The quantitative estimate of drug-likeness (QED) is 0.826. The summed E-state index contributed by atoms with van der Waals surface area (Å²) in [5.74, 6) is 0. The van der Waals surface area contributed by atoms with Gasteiger partial charge in [0, 0.05) is 31.3 Å². The Balaban J connectivity index is 2.12. The number of hydrogen-bond acceptors (Lipinski definition) is 4. The van der Waals surface area contributed by atoms with Crippen LogP contribution >= 0.6 is 11.3 Å². The third-order valence-electron chi connectivity index (χ3n) is 2.93. The summed E-state index contributed by atoms with van der Waals surface area (Å²) in [6.07, 6.45) is 4.36. The van der Waals surface area contributed by atoms with Gasteiger partial charge in [-0.05, 0) is 26.8 Å². The molecule has 0 spiro atoms. The van der Waals surface area contributed by atoms with Gasteiger partial charge in [-0.15, -0.1) is 11.3 Å². The van der Waals surface area contributed by atoms with Gasteiger partial charge in [0.1, 0.15) is 0 Å². The van der Waals surface area contributed by atoms with Gasteiger partial charge in [-0.1, -0.05) is 5.57 Å². The first kappa shape index (κ1) is 14.2. The van der Waals surface area contributed by atoms with Crippen molar-refractivity contribution in [2.75, 3.05) is 26.8 Å². The Hall–Kier alpha value is -1.17. The lowest BCUT2D eigenvalue weighted by Gasteiger charge is -2.04. The number of fused-ring (bicyclic) bond motifs is 1. The van der Waals surface area contributed by atoms with Crippen LogP contribution in [0.4, 0.5) is 0 Å². The summed E-state index contributed by atoms with van der Waals surface area (Å²) in [6.45, 7) is 8.80. The maximum Gasteiger partial charge on any atom is 0.194 e. The van der Waals surface area contributed by atoms with Crippen LogP contribution in [0, 0.1) is 13.8 Å². The van der Waals surface area contributed by atoms with Crippen LogP contribution in [0.3, 0.4) is 0 Å². The summed E-state index contributed by atoms with van der Waals surface area (Å²) in [6, 6.07) is 0. The topological polar surface area (TPSA) is 38.6 Å². The highest BCUT2D eigenvalue weighted by molar-refractivity contribution is 7.17. The molecule has 5 heteroatoms. The smallest absolute Gasteiger partial charge is 0.194 e. The summed E-state index contributed by atoms with van der Waals surface area (Å²) >= 11 is 1.73. The van der Waals surface area contributed by atoms with Crippen LogP contribution in [0.15, 0.2) is 11.8 Å². The van der Waals surface area contributed by atoms with Crippen LogP contribution in [-0.4, -0.2) is 36.2 Å². The molecule has 0 atom stereocenters. The van der Waals surface area contributed by atoms with Gasteiger partial charge < -0.3 is 10.1 Å². The molecule has 0 amide bonds. The van der Waals surface area contributed by atoms with Crippen LogP contribution in [0.25, 0.3) is 11.0 Å². The van der Waals surface area contributed by atoms with Crippen LogP contribution < -0.4 is 5.32 Å². The Morgan fingerprint density at radius 3 is 3.05 bits per heavy atom. The summed E-state index contributed by atoms with van der Waals surface area (Å²) in [4.78, 5) is 6.95. The molecule has 2 aromatic heterocycles. The predicted molar refractivity (Wildman–Crippen MR) is 80.9 cm³/mol. The minimum Gasteiger partial charge on any atom is -0.383 e. The summed E-state index contributed by atoms with van der Waals surface area (Å²) in [5.41, 5.74) is 3.57. The monoisotopic (exact) mass is 279 g/mol. The number of methoxy groups -OCH3 is 1. The van der Waals surface area contributed by atoms with E-state index in [1.807, 2.05) is 0 Å². The molecular weight excluding hydrogens is 258 g/mol.